The minimum absolute atomic E-state index is 0.552. The molecule has 1 aliphatic rings. The molecule has 12 heavy (non-hydrogen) atoms. The summed E-state index contributed by atoms with van der Waals surface area (Å²) < 4.78 is 0. The molecule has 0 radical (unpaired) electrons. The van der Waals surface area contributed by atoms with Crippen LogP contribution in [-0.4, -0.2) is 12.4 Å². The second-order valence-corrected chi connectivity index (χ2v) is 2.88. The molecule has 0 fully saturated rings. The van der Waals surface area contributed by atoms with E-state index in [9.17, 15) is 0 Å². The molecule has 3 nitrogen and oxygen atoms in total. The predicted octanol–water partition coefficient (Wildman–Crippen LogP) is 2.00. The Morgan fingerprint density at radius 3 is 3.08 bits per heavy atom. The van der Waals surface area contributed by atoms with Crippen LogP contribution >= 0.6 is 11.6 Å². The van der Waals surface area contributed by atoms with E-state index < -0.39 is 0 Å². The van der Waals surface area contributed by atoms with Gasteiger partial charge in [-0.05, 0) is 12.1 Å². The molecule has 0 unspecified atom stereocenters. The summed E-state index contributed by atoms with van der Waals surface area (Å²) >= 11 is 5.60. The van der Waals surface area contributed by atoms with Gasteiger partial charge in [-0.1, -0.05) is 12.1 Å². The van der Waals surface area contributed by atoms with Gasteiger partial charge in [0.05, 0.1) is 17.9 Å². The van der Waals surface area contributed by atoms with Crippen molar-refractivity contribution in [3.05, 3.63) is 24.3 Å². The van der Waals surface area contributed by atoms with Crippen molar-refractivity contribution in [3.8, 4) is 0 Å². The van der Waals surface area contributed by atoms with Gasteiger partial charge in [-0.2, -0.15) is 4.94 Å². The van der Waals surface area contributed by atoms with E-state index in [0.29, 0.717) is 12.4 Å². The number of anilines is 2. The molecule has 0 spiro atoms. The van der Waals surface area contributed by atoms with E-state index in [1.54, 1.807) is 5.06 Å². The molecule has 0 aromatic heterocycles. The van der Waals surface area contributed by atoms with Crippen molar-refractivity contribution in [2.45, 2.75) is 0 Å². The Kier molecular flexibility index (Phi) is 2.06. The number of alkyl halides is 1. The van der Waals surface area contributed by atoms with Crippen LogP contribution in [0.4, 0.5) is 11.4 Å². The highest BCUT2D eigenvalue weighted by atomic mass is 35.5. The number of nitrogens with one attached hydrogen (secondary N) is 1. The second kappa shape index (κ2) is 3.21. The Balaban J connectivity index is 2.24. The molecule has 0 saturated carbocycles. The maximum atomic E-state index is 5.60. The van der Waals surface area contributed by atoms with Crippen molar-refractivity contribution in [1.82, 2.24) is 0 Å². The first-order valence-corrected chi connectivity index (χ1v) is 4.31. The number of hydroxylamine groups is 1. The van der Waals surface area contributed by atoms with Crippen LogP contribution in [-0.2, 0) is 4.94 Å². The number of rotatable bonds is 2. The van der Waals surface area contributed by atoms with Crippen molar-refractivity contribution < 1.29 is 4.94 Å². The van der Waals surface area contributed by atoms with Crippen LogP contribution in [0, 0.1) is 0 Å². The number of benzene rings is 1. The Morgan fingerprint density at radius 1 is 1.42 bits per heavy atom. The third-order valence-electron chi connectivity index (χ3n) is 1.73. The maximum absolute atomic E-state index is 5.60. The molecule has 0 atom stereocenters. The van der Waals surface area contributed by atoms with Gasteiger partial charge in [-0.3, -0.25) is 0 Å². The Morgan fingerprint density at radius 2 is 2.25 bits per heavy atom. The molecule has 1 aliphatic heterocycles. The lowest BCUT2D eigenvalue weighted by Gasteiger charge is -2.12. The van der Waals surface area contributed by atoms with Crippen molar-refractivity contribution in [1.29, 1.82) is 0 Å². The number of para-hydroxylation sites is 2. The van der Waals surface area contributed by atoms with Gasteiger partial charge < -0.3 is 0 Å². The van der Waals surface area contributed by atoms with Crippen LogP contribution in [0.2, 0.25) is 0 Å². The van der Waals surface area contributed by atoms with Crippen molar-refractivity contribution in [2.24, 2.45) is 0 Å². The van der Waals surface area contributed by atoms with Gasteiger partial charge in [0.2, 0.25) is 0 Å². The highest BCUT2D eigenvalue weighted by Gasteiger charge is 2.17. The molecule has 1 aromatic carbocycles. The summed E-state index contributed by atoms with van der Waals surface area (Å²) in [5.74, 6) is 0.552. The maximum Gasteiger partial charge on any atom is 0.0916 e. The predicted molar refractivity (Wildman–Crippen MR) is 49.2 cm³/mol. The standard InChI is InChI=1S/C8H9ClN2O/c9-5-6-11-8-4-2-1-3-7(8)10-12-11/h1-4,10H,5-6H2. The van der Waals surface area contributed by atoms with Gasteiger partial charge in [0.25, 0.3) is 0 Å². The normalized spacial score (nSPS) is 14.2. The summed E-state index contributed by atoms with van der Waals surface area (Å²) in [5.41, 5.74) is 4.83. The molecule has 0 saturated heterocycles. The van der Waals surface area contributed by atoms with Gasteiger partial charge in [0.15, 0.2) is 0 Å². The van der Waals surface area contributed by atoms with E-state index in [1.165, 1.54) is 0 Å². The van der Waals surface area contributed by atoms with E-state index in [-0.39, 0.29) is 0 Å². The molecule has 1 heterocycles. The first-order chi connectivity index (χ1) is 5.92. The fraction of sp³-hybridized carbons (Fsp3) is 0.250. The van der Waals surface area contributed by atoms with Gasteiger partial charge in [-0.15, -0.1) is 11.6 Å². The van der Waals surface area contributed by atoms with E-state index in [0.717, 1.165) is 11.4 Å². The molecule has 2 rings (SSSR count). The number of fused-ring (bicyclic) bond motifs is 1. The van der Waals surface area contributed by atoms with E-state index in [2.05, 4.69) is 5.48 Å². The third-order valence-corrected chi connectivity index (χ3v) is 1.90. The largest absolute Gasteiger partial charge is 0.240 e. The smallest absolute Gasteiger partial charge is 0.0916 e. The van der Waals surface area contributed by atoms with E-state index >= 15 is 0 Å². The molecular formula is C8H9ClN2O. The van der Waals surface area contributed by atoms with Crippen LogP contribution in [0.5, 0.6) is 0 Å². The zero-order chi connectivity index (χ0) is 8.39. The zero-order valence-electron chi connectivity index (χ0n) is 6.46. The van der Waals surface area contributed by atoms with Crippen LogP contribution in [0.3, 0.4) is 0 Å². The quantitative estimate of drug-likeness (QED) is 0.712. The lowest BCUT2D eigenvalue weighted by Crippen LogP contribution is -2.22. The molecule has 64 valence electrons. The van der Waals surface area contributed by atoms with Crippen LogP contribution in [0.15, 0.2) is 24.3 Å². The molecular weight excluding hydrogens is 176 g/mol. The summed E-state index contributed by atoms with van der Waals surface area (Å²) in [5, 5.41) is 1.74. The van der Waals surface area contributed by atoms with Gasteiger partial charge in [0.1, 0.15) is 0 Å². The van der Waals surface area contributed by atoms with Gasteiger partial charge in [0, 0.05) is 5.88 Å². The number of nitrogens with zero attached hydrogens (tertiary/aromatic N) is 1. The molecule has 0 aliphatic carbocycles. The number of hydrogen-bond donors (Lipinski definition) is 1. The van der Waals surface area contributed by atoms with Gasteiger partial charge in [-0.25, -0.2) is 10.5 Å². The average molecular weight is 185 g/mol. The molecule has 0 amide bonds. The number of hydrogen-bond acceptors (Lipinski definition) is 3. The van der Waals surface area contributed by atoms with Crippen LogP contribution in [0.25, 0.3) is 0 Å². The Hall–Kier alpha value is -0.930. The summed E-state index contributed by atoms with van der Waals surface area (Å²) in [6.45, 7) is 0.686. The highest BCUT2D eigenvalue weighted by molar-refractivity contribution is 6.18. The monoisotopic (exact) mass is 184 g/mol. The fourth-order valence-corrected chi connectivity index (χ4v) is 1.33. The molecule has 4 heteroatoms. The van der Waals surface area contributed by atoms with Crippen molar-refractivity contribution in [3.63, 3.8) is 0 Å². The van der Waals surface area contributed by atoms with E-state index in [1.807, 2.05) is 24.3 Å². The SMILES string of the molecule is ClCCN1ONc2ccccc21. The fourth-order valence-electron chi connectivity index (χ4n) is 1.17. The first kappa shape index (κ1) is 7.71. The Bertz CT molecular complexity index is 278. The van der Waals surface area contributed by atoms with Crippen LogP contribution < -0.4 is 10.5 Å². The third kappa shape index (κ3) is 1.21. The van der Waals surface area contributed by atoms with Crippen molar-refractivity contribution in [2.75, 3.05) is 23.0 Å². The molecule has 1 aromatic rings. The molecule has 1 N–H and O–H groups in total. The minimum atomic E-state index is 0.552. The average Bonchev–Trinajstić information content (AvgIpc) is 2.50. The summed E-state index contributed by atoms with van der Waals surface area (Å²) in [7, 11) is 0. The van der Waals surface area contributed by atoms with Crippen molar-refractivity contribution >= 4 is 23.0 Å². The lowest BCUT2D eigenvalue weighted by atomic mass is 10.3. The van der Waals surface area contributed by atoms with E-state index in [4.69, 9.17) is 16.5 Å². The zero-order valence-corrected chi connectivity index (χ0v) is 7.21. The summed E-state index contributed by atoms with van der Waals surface area (Å²) in [4.78, 5) is 5.16. The first-order valence-electron chi connectivity index (χ1n) is 3.77. The number of halogens is 1. The molecule has 0 bridgehead atoms. The summed E-state index contributed by atoms with van der Waals surface area (Å²) in [6.07, 6.45) is 0. The Labute approximate surface area is 75.8 Å². The lowest BCUT2D eigenvalue weighted by molar-refractivity contribution is 0.185. The van der Waals surface area contributed by atoms with Gasteiger partial charge >= 0.3 is 0 Å². The topological polar surface area (TPSA) is 24.5 Å². The van der Waals surface area contributed by atoms with Crippen LogP contribution in [0.1, 0.15) is 0 Å². The summed E-state index contributed by atoms with van der Waals surface area (Å²) in [6, 6.07) is 7.88. The second-order valence-electron chi connectivity index (χ2n) is 2.50. The minimum Gasteiger partial charge on any atom is -0.240 e. The highest BCUT2D eigenvalue weighted by Crippen LogP contribution is 2.30.